The van der Waals surface area contributed by atoms with Gasteiger partial charge < -0.3 is 15.2 Å². The van der Waals surface area contributed by atoms with Gasteiger partial charge in [-0.3, -0.25) is 0 Å². The average Bonchev–Trinajstić information content (AvgIpc) is 2.75. The summed E-state index contributed by atoms with van der Waals surface area (Å²) in [5.74, 6) is 1.60. The number of fused-ring (bicyclic) bond motifs is 1. The van der Waals surface area contributed by atoms with Gasteiger partial charge in [-0.25, -0.2) is 0 Å². The summed E-state index contributed by atoms with van der Waals surface area (Å²) in [4.78, 5) is 0. The molecule has 1 aromatic rings. The van der Waals surface area contributed by atoms with Gasteiger partial charge in [0.1, 0.15) is 11.9 Å². The van der Waals surface area contributed by atoms with Crippen molar-refractivity contribution in [3.05, 3.63) is 29.8 Å². The van der Waals surface area contributed by atoms with Crippen molar-refractivity contribution >= 4 is 0 Å². The smallest absolute Gasteiger partial charge is 0.135 e. The molecule has 0 amide bonds. The van der Waals surface area contributed by atoms with Crippen molar-refractivity contribution in [3.63, 3.8) is 0 Å². The summed E-state index contributed by atoms with van der Waals surface area (Å²) in [6.45, 7) is 2.08. The molecule has 2 heterocycles. The summed E-state index contributed by atoms with van der Waals surface area (Å²) in [6, 6.07) is 8.37. The van der Waals surface area contributed by atoms with E-state index in [0.29, 0.717) is 5.92 Å². The molecule has 3 nitrogen and oxygen atoms in total. The molecule has 1 aliphatic carbocycles. The van der Waals surface area contributed by atoms with Crippen LogP contribution < -0.4 is 10.1 Å². The molecule has 18 heavy (non-hydrogen) atoms. The Morgan fingerprint density at radius 3 is 3.11 bits per heavy atom. The van der Waals surface area contributed by atoms with Crippen molar-refractivity contribution in [1.82, 2.24) is 5.32 Å². The van der Waals surface area contributed by atoms with E-state index in [4.69, 9.17) is 4.74 Å². The maximum Gasteiger partial charge on any atom is 0.135 e. The highest BCUT2D eigenvalue weighted by atomic mass is 16.5. The third-order valence-corrected chi connectivity index (χ3v) is 5.15. The number of aliphatic hydroxyl groups excluding tert-OH is 1. The topological polar surface area (TPSA) is 41.5 Å². The SMILES string of the molecule is OC1CCC2CNCCC23c2ccccc2OC13. The van der Waals surface area contributed by atoms with E-state index in [0.717, 1.165) is 38.1 Å². The molecule has 4 unspecified atom stereocenters. The standard InChI is InChI=1S/C15H19NO2/c17-12-6-5-10-9-16-8-7-15(10)11-3-1-2-4-13(11)18-14(12)15/h1-4,10,12,14,16-17H,5-9H2. The van der Waals surface area contributed by atoms with Gasteiger partial charge in [0.05, 0.1) is 6.10 Å². The van der Waals surface area contributed by atoms with Crippen LogP contribution in [0.15, 0.2) is 24.3 Å². The van der Waals surface area contributed by atoms with Crippen LogP contribution in [0.3, 0.4) is 0 Å². The van der Waals surface area contributed by atoms with Crippen LogP contribution in [0.2, 0.25) is 0 Å². The van der Waals surface area contributed by atoms with Crippen molar-refractivity contribution in [2.24, 2.45) is 5.92 Å². The predicted molar refractivity (Wildman–Crippen MR) is 68.8 cm³/mol. The first-order valence-electron chi connectivity index (χ1n) is 6.97. The summed E-state index contributed by atoms with van der Waals surface area (Å²) in [6.07, 6.45) is 2.70. The molecule has 1 saturated carbocycles. The second-order valence-corrected chi connectivity index (χ2v) is 5.87. The number of piperidine rings is 1. The second kappa shape index (κ2) is 3.72. The lowest BCUT2D eigenvalue weighted by molar-refractivity contribution is -0.0612. The largest absolute Gasteiger partial charge is 0.486 e. The molecule has 0 bridgehead atoms. The average molecular weight is 245 g/mol. The predicted octanol–water partition coefficient (Wildman–Crippen LogP) is 1.45. The van der Waals surface area contributed by atoms with Crippen molar-refractivity contribution < 1.29 is 9.84 Å². The van der Waals surface area contributed by atoms with Gasteiger partial charge in [-0.15, -0.1) is 0 Å². The fourth-order valence-corrected chi connectivity index (χ4v) is 4.34. The normalized spacial score (nSPS) is 41.5. The summed E-state index contributed by atoms with van der Waals surface area (Å²) in [7, 11) is 0. The molecule has 4 rings (SSSR count). The number of para-hydroxylation sites is 1. The van der Waals surface area contributed by atoms with E-state index < -0.39 is 0 Å². The summed E-state index contributed by atoms with van der Waals surface area (Å²) in [5, 5.41) is 13.8. The Morgan fingerprint density at radius 1 is 1.28 bits per heavy atom. The van der Waals surface area contributed by atoms with E-state index in [2.05, 4.69) is 17.4 Å². The minimum Gasteiger partial charge on any atom is -0.486 e. The lowest BCUT2D eigenvalue weighted by Gasteiger charge is -2.49. The Morgan fingerprint density at radius 2 is 2.17 bits per heavy atom. The molecule has 1 saturated heterocycles. The van der Waals surface area contributed by atoms with E-state index in [1.807, 2.05) is 12.1 Å². The first-order valence-corrected chi connectivity index (χ1v) is 6.97. The molecule has 3 aliphatic rings. The quantitative estimate of drug-likeness (QED) is 0.727. The van der Waals surface area contributed by atoms with Crippen LogP contribution >= 0.6 is 0 Å². The van der Waals surface area contributed by atoms with E-state index in [-0.39, 0.29) is 17.6 Å². The molecule has 2 fully saturated rings. The fraction of sp³-hybridized carbons (Fsp3) is 0.600. The van der Waals surface area contributed by atoms with E-state index in [9.17, 15) is 5.11 Å². The zero-order valence-corrected chi connectivity index (χ0v) is 10.4. The van der Waals surface area contributed by atoms with Gasteiger partial charge in [-0.1, -0.05) is 18.2 Å². The number of hydrogen-bond donors (Lipinski definition) is 2. The monoisotopic (exact) mass is 245 g/mol. The minimum atomic E-state index is -0.313. The molecule has 1 spiro atoms. The molecule has 0 aromatic heterocycles. The molecule has 2 N–H and O–H groups in total. The lowest BCUT2D eigenvalue weighted by atomic mass is 9.58. The number of ether oxygens (including phenoxy) is 1. The fourth-order valence-electron chi connectivity index (χ4n) is 4.34. The number of nitrogens with one attached hydrogen (secondary N) is 1. The highest BCUT2D eigenvalue weighted by Gasteiger charge is 2.58. The van der Waals surface area contributed by atoms with E-state index in [1.54, 1.807) is 0 Å². The maximum absolute atomic E-state index is 10.3. The third kappa shape index (κ3) is 1.21. The van der Waals surface area contributed by atoms with Gasteiger partial charge in [0.15, 0.2) is 0 Å². The summed E-state index contributed by atoms with van der Waals surface area (Å²) < 4.78 is 6.11. The molecule has 96 valence electrons. The lowest BCUT2D eigenvalue weighted by Crippen LogP contribution is -2.60. The molecule has 3 heteroatoms. The Balaban J connectivity index is 1.89. The first-order chi connectivity index (χ1) is 8.82. The number of hydrogen-bond acceptors (Lipinski definition) is 3. The first kappa shape index (κ1) is 10.8. The Labute approximate surface area is 107 Å². The van der Waals surface area contributed by atoms with E-state index in [1.165, 1.54) is 5.56 Å². The van der Waals surface area contributed by atoms with Gasteiger partial charge >= 0.3 is 0 Å². The Hall–Kier alpha value is -1.06. The highest BCUT2D eigenvalue weighted by molar-refractivity contribution is 5.47. The van der Waals surface area contributed by atoms with Crippen LogP contribution in [0.4, 0.5) is 0 Å². The molecule has 2 aliphatic heterocycles. The minimum absolute atomic E-state index is 0.0317. The molecule has 1 aromatic carbocycles. The van der Waals surface area contributed by atoms with Crippen LogP contribution in [0.5, 0.6) is 5.75 Å². The van der Waals surface area contributed by atoms with Gasteiger partial charge in [0.25, 0.3) is 0 Å². The number of aliphatic hydroxyl groups is 1. The van der Waals surface area contributed by atoms with Crippen LogP contribution in [0, 0.1) is 5.92 Å². The van der Waals surface area contributed by atoms with E-state index >= 15 is 0 Å². The van der Waals surface area contributed by atoms with Crippen LogP contribution in [0.1, 0.15) is 24.8 Å². The second-order valence-electron chi connectivity index (χ2n) is 5.87. The zero-order chi connectivity index (χ0) is 12.2. The summed E-state index contributed by atoms with van der Waals surface area (Å²) in [5.41, 5.74) is 1.39. The molecular formula is C15H19NO2. The van der Waals surface area contributed by atoms with Gasteiger partial charge in [0.2, 0.25) is 0 Å². The van der Waals surface area contributed by atoms with Crippen molar-refractivity contribution in [1.29, 1.82) is 0 Å². The zero-order valence-electron chi connectivity index (χ0n) is 10.4. The van der Waals surface area contributed by atoms with Crippen LogP contribution in [-0.4, -0.2) is 30.4 Å². The Bertz CT molecular complexity index is 475. The molecular weight excluding hydrogens is 226 g/mol. The molecule has 4 atom stereocenters. The van der Waals surface area contributed by atoms with Crippen LogP contribution in [0.25, 0.3) is 0 Å². The maximum atomic E-state index is 10.3. The van der Waals surface area contributed by atoms with Crippen molar-refractivity contribution in [3.8, 4) is 5.75 Å². The number of rotatable bonds is 0. The summed E-state index contributed by atoms with van der Waals surface area (Å²) >= 11 is 0. The third-order valence-electron chi connectivity index (χ3n) is 5.15. The number of benzene rings is 1. The Kier molecular flexibility index (Phi) is 2.24. The van der Waals surface area contributed by atoms with Crippen LogP contribution in [-0.2, 0) is 5.41 Å². The van der Waals surface area contributed by atoms with Gasteiger partial charge in [-0.05, 0) is 44.3 Å². The van der Waals surface area contributed by atoms with Gasteiger partial charge in [0, 0.05) is 11.0 Å². The van der Waals surface area contributed by atoms with Crippen molar-refractivity contribution in [2.75, 3.05) is 13.1 Å². The van der Waals surface area contributed by atoms with Crippen molar-refractivity contribution in [2.45, 2.75) is 36.9 Å². The van der Waals surface area contributed by atoms with Gasteiger partial charge in [-0.2, -0.15) is 0 Å². The molecule has 0 radical (unpaired) electrons. The highest BCUT2D eigenvalue weighted by Crippen LogP contribution is 2.55.